The molecule has 0 radical (unpaired) electrons. The lowest BCUT2D eigenvalue weighted by molar-refractivity contribution is 0.0767. The minimum Gasteiger partial charge on any atom is -0.337 e. The number of thiophene rings is 1. The average molecular weight is 373 g/mol. The van der Waals surface area contributed by atoms with Crippen LogP contribution in [0.1, 0.15) is 16.8 Å². The van der Waals surface area contributed by atoms with Crippen LogP contribution in [0, 0.1) is 2.88 Å². The predicted octanol–water partition coefficient (Wildman–Crippen LogP) is 2.21. The molecule has 90 valence electrons. The first-order valence-electron chi connectivity index (χ1n) is 5.01. The van der Waals surface area contributed by atoms with Crippen molar-refractivity contribution in [2.45, 2.75) is 6.42 Å². The second-order valence-corrected chi connectivity index (χ2v) is 6.34. The van der Waals surface area contributed by atoms with E-state index in [9.17, 15) is 4.79 Å². The van der Waals surface area contributed by atoms with Gasteiger partial charge in [-0.05, 0) is 41.6 Å². The summed E-state index contributed by atoms with van der Waals surface area (Å²) in [7, 11) is 0. The Morgan fingerprint density at radius 3 is 2.94 bits per heavy atom. The predicted molar refractivity (Wildman–Crippen MR) is 77.7 cm³/mol. The van der Waals surface area contributed by atoms with Gasteiger partial charge in [0, 0.05) is 25.0 Å². The maximum absolute atomic E-state index is 12.1. The molecule has 0 aliphatic carbocycles. The highest BCUT2D eigenvalue weighted by atomic mass is 127. The highest BCUT2D eigenvalue weighted by Crippen LogP contribution is 2.18. The van der Waals surface area contributed by atoms with Gasteiger partial charge in [0.05, 0.1) is 8.45 Å². The largest absolute Gasteiger partial charge is 0.337 e. The van der Waals surface area contributed by atoms with Crippen LogP contribution in [0.15, 0.2) is 11.4 Å². The second kappa shape index (κ2) is 6.78. The van der Waals surface area contributed by atoms with Crippen LogP contribution in [0.4, 0.5) is 0 Å². The van der Waals surface area contributed by atoms with E-state index in [1.807, 2.05) is 16.3 Å². The number of carbonyl (C=O) groups is 1. The summed E-state index contributed by atoms with van der Waals surface area (Å²) < 4.78 is 1.17. The number of nitrogens with one attached hydrogen (secondary N) is 1. The van der Waals surface area contributed by atoms with Gasteiger partial charge in [-0.15, -0.1) is 23.7 Å². The Morgan fingerprint density at radius 1 is 1.44 bits per heavy atom. The average Bonchev–Trinajstić information content (AvgIpc) is 2.53. The summed E-state index contributed by atoms with van der Waals surface area (Å²) in [6.45, 7) is 3.63. The monoisotopic (exact) mass is 372 g/mol. The van der Waals surface area contributed by atoms with Crippen molar-refractivity contribution in [1.82, 2.24) is 10.2 Å². The van der Waals surface area contributed by atoms with E-state index < -0.39 is 0 Å². The Hall–Kier alpha value is 0.150. The molecule has 2 rings (SSSR count). The molecule has 2 heterocycles. The summed E-state index contributed by atoms with van der Waals surface area (Å²) in [5.41, 5.74) is 0.839. The molecule has 0 bridgehead atoms. The lowest BCUT2D eigenvalue weighted by atomic mass is 10.3. The van der Waals surface area contributed by atoms with Crippen LogP contribution in [0.5, 0.6) is 0 Å². The van der Waals surface area contributed by atoms with Crippen molar-refractivity contribution in [3.63, 3.8) is 0 Å². The van der Waals surface area contributed by atoms with Crippen LogP contribution >= 0.6 is 46.3 Å². The second-order valence-electron chi connectivity index (χ2n) is 3.54. The first kappa shape index (κ1) is 14.2. The van der Waals surface area contributed by atoms with Crippen LogP contribution in [0.3, 0.4) is 0 Å². The number of carbonyl (C=O) groups excluding carboxylic acids is 1. The summed E-state index contributed by atoms with van der Waals surface area (Å²) in [5, 5.41) is 5.24. The van der Waals surface area contributed by atoms with Crippen LogP contribution in [0.2, 0.25) is 0 Å². The van der Waals surface area contributed by atoms with E-state index in [1.165, 1.54) is 2.88 Å². The van der Waals surface area contributed by atoms with Crippen molar-refractivity contribution in [3.8, 4) is 0 Å². The fraction of sp³-hybridized carbons (Fsp3) is 0.500. The molecule has 0 aromatic carbocycles. The highest BCUT2D eigenvalue weighted by Gasteiger charge is 2.17. The summed E-state index contributed by atoms with van der Waals surface area (Å²) in [6, 6.07) is 1.96. The third-order valence-corrected chi connectivity index (χ3v) is 4.23. The van der Waals surface area contributed by atoms with Crippen LogP contribution in [-0.4, -0.2) is 37.0 Å². The molecule has 0 saturated carbocycles. The fourth-order valence-corrected chi connectivity index (χ4v) is 2.97. The van der Waals surface area contributed by atoms with Gasteiger partial charge < -0.3 is 10.2 Å². The molecule has 1 aliphatic rings. The van der Waals surface area contributed by atoms with E-state index >= 15 is 0 Å². The number of hydrogen-bond donors (Lipinski definition) is 1. The normalized spacial score (nSPS) is 16.4. The molecule has 16 heavy (non-hydrogen) atoms. The highest BCUT2D eigenvalue weighted by molar-refractivity contribution is 14.1. The Labute approximate surface area is 119 Å². The van der Waals surface area contributed by atoms with Gasteiger partial charge in [-0.2, -0.15) is 0 Å². The van der Waals surface area contributed by atoms with E-state index in [2.05, 4.69) is 27.9 Å². The maximum atomic E-state index is 12.1. The molecule has 1 N–H and O–H groups in total. The van der Waals surface area contributed by atoms with Crippen molar-refractivity contribution < 1.29 is 4.79 Å². The molecule has 1 fully saturated rings. The summed E-state index contributed by atoms with van der Waals surface area (Å²) in [5.74, 6) is 0.179. The zero-order chi connectivity index (χ0) is 10.7. The molecular formula is C10H14ClIN2OS. The van der Waals surface area contributed by atoms with Crippen LogP contribution in [-0.2, 0) is 0 Å². The molecular weight excluding hydrogens is 359 g/mol. The van der Waals surface area contributed by atoms with E-state index in [1.54, 1.807) is 11.3 Å². The van der Waals surface area contributed by atoms with Crippen LogP contribution < -0.4 is 5.32 Å². The topological polar surface area (TPSA) is 32.3 Å². The van der Waals surface area contributed by atoms with E-state index in [0.717, 1.165) is 38.2 Å². The Kier molecular flexibility index (Phi) is 6.02. The lowest BCUT2D eigenvalue weighted by Gasteiger charge is -2.18. The molecule has 0 atom stereocenters. The SMILES string of the molecule is Cl.O=C(c1csc(I)c1)N1CCCNCC1. The smallest absolute Gasteiger partial charge is 0.254 e. The van der Waals surface area contributed by atoms with Gasteiger partial charge in [-0.25, -0.2) is 0 Å². The van der Waals surface area contributed by atoms with E-state index in [4.69, 9.17) is 0 Å². The minimum atomic E-state index is 0. The number of halogens is 2. The number of amides is 1. The van der Waals surface area contributed by atoms with Gasteiger partial charge in [-0.3, -0.25) is 4.79 Å². The summed E-state index contributed by atoms with van der Waals surface area (Å²) >= 11 is 3.87. The Bertz CT molecular complexity index is 350. The van der Waals surface area contributed by atoms with Crippen molar-refractivity contribution >= 4 is 52.2 Å². The molecule has 1 amide bonds. The van der Waals surface area contributed by atoms with Crippen molar-refractivity contribution in [3.05, 3.63) is 19.9 Å². The molecule has 0 unspecified atom stereocenters. The number of rotatable bonds is 1. The maximum Gasteiger partial charge on any atom is 0.254 e. The summed E-state index contributed by atoms with van der Waals surface area (Å²) in [6.07, 6.45) is 1.05. The van der Waals surface area contributed by atoms with Crippen molar-refractivity contribution in [1.29, 1.82) is 0 Å². The van der Waals surface area contributed by atoms with Crippen molar-refractivity contribution in [2.75, 3.05) is 26.2 Å². The zero-order valence-electron chi connectivity index (χ0n) is 8.74. The Morgan fingerprint density at radius 2 is 2.25 bits per heavy atom. The standard InChI is InChI=1S/C10H13IN2OS.ClH/c11-9-6-8(7-15-9)10(14)13-4-1-2-12-3-5-13;/h6-7,12H,1-5H2;1H. The van der Waals surface area contributed by atoms with Crippen LogP contribution in [0.25, 0.3) is 0 Å². The third-order valence-electron chi connectivity index (χ3n) is 2.44. The lowest BCUT2D eigenvalue weighted by Crippen LogP contribution is -2.33. The molecule has 1 aromatic rings. The van der Waals surface area contributed by atoms with Gasteiger partial charge in [-0.1, -0.05) is 0 Å². The van der Waals surface area contributed by atoms with Gasteiger partial charge in [0.1, 0.15) is 0 Å². The van der Waals surface area contributed by atoms with Gasteiger partial charge in [0.25, 0.3) is 5.91 Å². The van der Waals surface area contributed by atoms with E-state index in [-0.39, 0.29) is 18.3 Å². The first-order chi connectivity index (χ1) is 7.27. The Balaban J connectivity index is 0.00000128. The quantitative estimate of drug-likeness (QED) is 0.767. The molecule has 1 aliphatic heterocycles. The number of hydrogen-bond acceptors (Lipinski definition) is 3. The van der Waals surface area contributed by atoms with Gasteiger partial charge in [0.15, 0.2) is 0 Å². The fourth-order valence-electron chi connectivity index (χ4n) is 1.65. The van der Waals surface area contributed by atoms with Gasteiger partial charge >= 0.3 is 0 Å². The molecule has 0 spiro atoms. The van der Waals surface area contributed by atoms with E-state index in [0.29, 0.717) is 0 Å². The molecule has 1 saturated heterocycles. The first-order valence-corrected chi connectivity index (χ1v) is 6.97. The summed E-state index contributed by atoms with van der Waals surface area (Å²) in [4.78, 5) is 14.0. The number of nitrogens with zero attached hydrogens (tertiary/aromatic N) is 1. The zero-order valence-corrected chi connectivity index (χ0v) is 12.5. The molecule has 3 nitrogen and oxygen atoms in total. The van der Waals surface area contributed by atoms with Crippen molar-refractivity contribution in [2.24, 2.45) is 0 Å². The molecule has 1 aromatic heterocycles. The minimum absolute atomic E-state index is 0. The molecule has 6 heteroatoms. The van der Waals surface area contributed by atoms with Gasteiger partial charge in [0.2, 0.25) is 0 Å². The third kappa shape index (κ3) is 3.58.